The molecule has 0 fully saturated rings. The van der Waals surface area contributed by atoms with E-state index in [-0.39, 0.29) is 11.3 Å². The zero-order valence-corrected chi connectivity index (χ0v) is 14.6. The largest absolute Gasteiger partial charge is 0.491 e. The molecule has 0 aliphatic carbocycles. The molecular weight excluding hydrogens is 405 g/mol. The summed E-state index contributed by atoms with van der Waals surface area (Å²) in [5, 5.41) is 2.41. The van der Waals surface area contributed by atoms with Crippen molar-refractivity contribution in [2.45, 2.75) is 6.18 Å². The van der Waals surface area contributed by atoms with Gasteiger partial charge in [0.05, 0.1) is 6.61 Å². The van der Waals surface area contributed by atoms with Gasteiger partial charge in [-0.3, -0.25) is 9.78 Å². The van der Waals surface area contributed by atoms with Crippen LogP contribution in [-0.4, -0.2) is 31.2 Å². The molecule has 1 amide bonds. The highest BCUT2D eigenvalue weighted by Gasteiger charge is 2.32. The molecule has 5 nitrogen and oxygen atoms in total. The molecule has 1 heterocycles. The predicted molar refractivity (Wildman–Crippen MR) is 88.7 cm³/mol. The van der Waals surface area contributed by atoms with Gasteiger partial charge in [-0.2, -0.15) is 13.2 Å². The van der Waals surface area contributed by atoms with Gasteiger partial charge in [-0.05, 0) is 30.3 Å². The third-order valence-electron chi connectivity index (χ3n) is 3.00. The van der Waals surface area contributed by atoms with Crippen LogP contribution in [0.2, 0.25) is 0 Å². The summed E-state index contributed by atoms with van der Waals surface area (Å²) in [5.74, 6) is -0.139. The Morgan fingerprint density at radius 1 is 1.24 bits per heavy atom. The van der Waals surface area contributed by atoms with Crippen LogP contribution in [0.1, 0.15) is 16.1 Å². The first kappa shape index (κ1) is 19.2. The number of nitrogens with one attached hydrogen (secondary N) is 1. The zero-order chi connectivity index (χ0) is 18.4. The molecule has 0 aliphatic heterocycles. The number of aromatic nitrogens is 1. The average molecular weight is 419 g/mol. The number of amides is 1. The Balaban J connectivity index is 2.15. The summed E-state index contributed by atoms with van der Waals surface area (Å²) in [6, 6.07) is 6.74. The summed E-state index contributed by atoms with van der Waals surface area (Å²) in [6.45, 7) is 0.679. The number of nitrogens with zero attached hydrogens (tertiary/aromatic N) is 1. The molecule has 0 atom stereocenters. The lowest BCUT2D eigenvalue weighted by Gasteiger charge is -2.11. The number of carbonyl (C=O) groups excluding carboxylic acids is 1. The van der Waals surface area contributed by atoms with E-state index in [9.17, 15) is 18.0 Å². The molecule has 0 unspecified atom stereocenters. The van der Waals surface area contributed by atoms with E-state index in [0.717, 1.165) is 12.3 Å². The van der Waals surface area contributed by atoms with Gasteiger partial charge >= 0.3 is 6.18 Å². The molecule has 0 saturated heterocycles. The molecule has 1 aromatic heterocycles. The second kappa shape index (κ2) is 8.30. The van der Waals surface area contributed by atoms with Crippen molar-refractivity contribution >= 4 is 27.5 Å². The second-order valence-corrected chi connectivity index (χ2v) is 5.81. The number of carbonyl (C=O) groups is 1. The molecule has 1 N–H and O–H groups in total. The van der Waals surface area contributed by atoms with Gasteiger partial charge in [0.1, 0.15) is 18.1 Å². The SMILES string of the molecule is COCCOc1cc(Br)cc(C(=O)Nc2ccnc(C(F)(F)F)c2)c1. The quantitative estimate of drug-likeness (QED) is 0.716. The van der Waals surface area contributed by atoms with Crippen molar-refractivity contribution in [2.24, 2.45) is 0 Å². The first-order valence-corrected chi connectivity index (χ1v) is 7.86. The van der Waals surface area contributed by atoms with Gasteiger partial charge < -0.3 is 14.8 Å². The number of benzene rings is 1. The molecule has 0 bridgehead atoms. The average Bonchev–Trinajstić information content (AvgIpc) is 2.54. The summed E-state index contributed by atoms with van der Waals surface area (Å²) in [4.78, 5) is 15.5. The van der Waals surface area contributed by atoms with Gasteiger partial charge in [0, 0.05) is 29.0 Å². The minimum atomic E-state index is -4.58. The predicted octanol–water partition coefficient (Wildman–Crippen LogP) is 4.14. The normalized spacial score (nSPS) is 11.2. The third kappa shape index (κ3) is 5.71. The molecule has 0 radical (unpaired) electrons. The van der Waals surface area contributed by atoms with E-state index >= 15 is 0 Å². The maximum atomic E-state index is 12.7. The van der Waals surface area contributed by atoms with Crippen molar-refractivity contribution in [1.29, 1.82) is 0 Å². The molecule has 25 heavy (non-hydrogen) atoms. The molecule has 2 rings (SSSR count). The van der Waals surface area contributed by atoms with Crippen LogP contribution in [0.5, 0.6) is 5.75 Å². The molecular formula is C16H14BrF3N2O3. The fraction of sp³-hybridized carbons (Fsp3) is 0.250. The number of ether oxygens (including phenoxy) is 2. The number of methoxy groups -OCH3 is 1. The monoisotopic (exact) mass is 418 g/mol. The van der Waals surface area contributed by atoms with Crippen molar-refractivity contribution in [3.05, 3.63) is 52.3 Å². The zero-order valence-electron chi connectivity index (χ0n) is 13.1. The van der Waals surface area contributed by atoms with Gasteiger partial charge in [-0.1, -0.05) is 15.9 Å². The van der Waals surface area contributed by atoms with Gasteiger partial charge in [0.25, 0.3) is 5.91 Å². The Morgan fingerprint density at radius 2 is 2.00 bits per heavy atom. The highest BCUT2D eigenvalue weighted by atomic mass is 79.9. The Hall–Kier alpha value is -2.13. The fourth-order valence-electron chi connectivity index (χ4n) is 1.89. The number of pyridine rings is 1. The van der Waals surface area contributed by atoms with E-state index in [1.54, 1.807) is 6.07 Å². The van der Waals surface area contributed by atoms with Crippen LogP contribution in [0.3, 0.4) is 0 Å². The smallest absolute Gasteiger partial charge is 0.433 e. The van der Waals surface area contributed by atoms with E-state index < -0.39 is 17.8 Å². The summed E-state index contributed by atoms with van der Waals surface area (Å²) in [5.41, 5.74) is -0.857. The number of anilines is 1. The Labute approximate surface area is 150 Å². The Morgan fingerprint density at radius 3 is 2.68 bits per heavy atom. The van der Waals surface area contributed by atoms with E-state index in [2.05, 4.69) is 26.2 Å². The molecule has 0 aliphatic rings. The maximum Gasteiger partial charge on any atom is 0.433 e. The van der Waals surface area contributed by atoms with Crippen LogP contribution >= 0.6 is 15.9 Å². The van der Waals surface area contributed by atoms with Crippen molar-refractivity contribution in [2.75, 3.05) is 25.6 Å². The van der Waals surface area contributed by atoms with Crippen molar-refractivity contribution < 1.29 is 27.4 Å². The lowest BCUT2D eigenvalue weighted by Crippen LogP contribution is -2.14. The fourth-order valence-corrected chi connectivity index (χ4v) is 2.36. The number of halogens is 4. The lowest BCUT2D eigenvalue weighted by atomic mass is 10.2. The van der Waals surface area contributed by atoms with Crippen LogP contribution < -0.4 is 10.1 Å². The highest BCUT2D eigenvalue weighted by Crippen LogP contribution is 2.29. The minimum Gasteiger partial charge on any atom is -0.491 e. The number of hydrogen-bond donors (Lipinski definition) is 1. The van der Waals surface area contributed by atoms with Gasteiger partial charge in [0.15, 0.2) is 0 Å². The van der Waals surface area contributed by atoms with Crippen LogP contribution in [0.4, 0.5) is 18.9 Å². The van der Waals surface area contributed by atoms with Crippen LogP contribution in [0, 0.1) is 0 Å². The van der Waals surface area contributed by atoms with Gasteiger partial charge in [0.2, 0.25) is 0 Å². The number of alkyl halides is 3. The minimum absolute atomic E-state index is 0.00541. The van der Waals surface area contributed by atoms with Crippen molar-refractivity contribution in [3.63, 3.8) is 0 Å². The second-order valence-electron chi connectivity index (χ2n) is 4.90. The topological polar surface area (TPSA) is 60.5 Å². The summed E-state index contributed by atoms with van der Waals surface area (Å²) < 4.78 is 48.9. The van der Waals surface area contributed by atoms with Crippen LogP contribution in [-0.2, 0) is 10.9 Å². The van der Waals surface area contributed by atoms with Crippen LogP contribution in [0.15, 0.2) is 41.0 Å². The first-order valence-electron chi connectivity index (χ1n) is 7.06. The highest BCUT2D eigenvalue weighted by molar-refractivity contribution is 9.10. The van der Waals surface area contributed by atoms with E-state index in [4.69, 9.17) is 9.47 Å². The number of rotatable bonds is 6. The van der Waals surface area contributed by atoms with E-state index in [1.807, 2.05) is 0 Å². The lowest BCUT2D eigenvalue weighted by molar-refractivity contribution is -0.141. The number of hydrogen-bond acceptors (Lipinski definition) is 4. The molecule has 134 valence electrons. The molecule has 0 spiro atoms. The van der Waals surface area contributed by atoms with E-state index in [0.29, 0.717) is 23.4 Å². The van der Waals surface area contributed by atoms with Crippen LogP contribution in [0.25, 0.3) is 0 Å². The van der Waals surface area contributed by atoms with Gasteiger partial charge in [-0.25, -0.2) is 0 Å². The summed E-state index contributed by atoms with van der Waals surface area (Å²) in [7, 11) is 1.53. The van der Waals surface area contributed by atoms with Gasteiger partial charge in [-0.15, -0.1) is 0 Å². The standard InChI is InChI=1S/C16H14BrF3N2O3/c1-24-4-5-25-13-7-10(6-11(17)8-13)15(23)22-12-2-3-21-14(9-12)16(18,19)20/h2-3,6-9H,4-5H2,1H3,(H,21,22,23). The third-order valence-corrected chi connectivity index (χ3v) is 3.46. The molecule has 2 aromatic rings. The maximum absolute atomic E-state index is 12.7. The summed E-state index contributed by atoms with van der Waals surface area (Å²) >= 11 is 3.26. The van der Waals surface area contributed by atoms with Crippen molar-refractivity contribution in [1.82, 2.24) is 4.98 Å². The first-order chi connectivity index (χ1) is 11.8. The Bertz CT molecular complexity index is 754. The van der Waals surface area contributed by atoms with Crippen molar-refractivity contribution in [3.8, 4) is 5.75 Å². The summed E-state index contributed by atoms with van der Waals surface area (Å²) in [6.07, 6.45) is -3.60. The Kier molecular flexibility index (Phi) is 6.38. The molecule has 9 heteroatoms. The molecule has 1 aromatic carbocycles. The molecule has 0 saturated carbocycles. The van der Waals surface area contributed by atoms with E-state index in [1.165, 1.54) is 25.3 Å².